The Bertz CT molecular complexity index is 1120. The van der Waals surface area contributed by atoms with Crippen molar-refractivity contribution in [1.82, 2.24) is 9.55 Å². The van der Waals surface area contributed by atoms with Crippen LogP contribution in [-0.4, -0.2) is 31.7 Å². The maximum Gasteiger partial charge on any atom is 0.335 e. The molecule has 0 aliphatic rings. The van der Waals surface area contributed by atoms with Crippen LogP contribution in [0.3, 0.4) is 0 Å². The van der Waals surface area contributed by atoms with Crippen molar-refractivity contribution in [3.63, 3.8) is 0 Å². The van der Waals surface area contributed by atoms with Crippen LogP contribution in [0.2, 0.25) is 0 Å². The fourth-order valence-corrected chi connectivity index (χ4v) is 3.06. The van der Waals surface area contributed by atoms with Gasteiger partial charge in [-0.25, -0.2) is 9.59 Å². The molecule has 2 heterocycles. The van der Waals surface area contributed by atoms with Crippen LogP contribution in [0.25, 0.3) is 10.9 Å². The monoisotopic (exact) mass is 388 g/mol. The minimum absolute atomic E-state index is 0.0277. The molecule has 6 heteroatoms. The molecule has 0 saturated carbocycles. The number of benzene rings is 2. The van der Waals surface area contributed by atoms with Crippen molar-refractivity contribution in [2.45, 2.75) is 13.5 Å². The zero-order valence-corrected chi connectivity index (χ0v) is 15.8. The van der Waals surface area contributed by atoms with Crippen LogP contribution in [-0.2, 0) is 6.54 Å². The third-order valence-corrected chi connectivity index (χ3v) is 4.58. The SMILES string of the molecule is Cc1c(C(=O)O)cccc1C(=O)O.c1ccc2c(c1)ccn2Cc1ccncc1. The van der Waals surface area contributed by atoms with Crippen LogP contribution in [0.1, 0.15) is 31.8 Å². The van der Waals surface area contributed by atoms with Crippen molar-refractivity contribution in [2.75, 3.05) is 0 Å². The van der Waals surface area contributed by atoms with Crippen molar-refractivity contribution in [1.29, 1.82) is 0 Å². The predicted octanol–water partition coefficient (Wildman–Crippen LogP) is 4.48. The Hall–Kier alpha value is -3.93. The van der Waals surface area contributed by atoms with E-state index in [9.17, 15) is 9.59 Å². The molecule has 2 N–H and O–H groups in total. The fourth-order valence-electron chi connectivity index (χ4n) is 3.06. The van der Waals surface area contributed by atoms with Crippen LogP contribution in [0.15, 0.2) is 79.3 Å². The highest BCUT2D eigenvalue weighted by molar-refractivity contribution is 5.96. The van der Waals surface area contributed by atoms with Gasteiger partial charge in [0.2, 0.25) is 0 Å². The van der Waals surface area contributed by atoms with Crippen molar-refractivity contribution >= 4 is 22.8 Å². The van der Waals surface area contributed by atoms with Crippen LogP contribution in [0.4, 0.5) is 0 Å². The van der Waals surface area contributed by atoms with Crippen molar-refractivity contribution in [3.8, 4) is 0 Å². The van der Waals surface area contributed by atoms with Crippen LogP contribution in [0, 0.1) is 6.92 Å². The first-order valence-corrected chi connectivity index (χ1v) is 8.96. The molecule has 0 fully saturated rings. The van der Waals surface area contributed by atoms with Crippen LogP contribution >= 0.6 is 0 Å². The van der Waals surface area contributed by atoms with Gasteiger partial charge in [0.1, 0.15) is 0 Å². The molecule has 6 nitrogen and oxygen atoms in total. The zero-order chi connectivity index (χ0) is 20.8. The minimum atomic E-state index is -1.11. The third-order valence-electron chi connectivity index (χ3n) is 4.58. The number of rotatable bonds is 4. The highest BCUT2D eigenvalue weighted by atomic mass is 16.4. The number of nitrogens with zero attached hydrogens (tertiary/aromatic N) is 2. The van der Waals surface area contributed by atoms with E-state index in [1.807, 2.05) is 12.4 Å². The molecule has 2 aromatic carbocycles. The van der Waals surface area contributed by atoms with E-state index in [1.54, 1.807) is 0 Å². The van der Waals surface area contributed by atoms with Crippen LogP contribution in [0.5, 0.6) is 0 Å². The summed E-state index contributed by atoms with van der Waals surface area (Å²) in [5, 5.41) is 18.6. The van der Waals surface area contributed by atoms with Crippen molar-refractivity contribution in [2.24, 2.45) is 0 Å². The van der Waals surface area contributed by atoms with Gasteiger partial charge < -0.3 is 14.8 Å². The maximum atomic E-state index is 10.6. The van der Waals surface area contributed by atoms with Gasteiger partial charge in [-0.2, -0.15) is 0 Å². The smallest absolute Gasteiger partial charge is 0.335 e. The summed E-state index contributed by atoms with van der Waals surface area (Å²) in [5.74, 6) is -2.22. The second-order valence-corrected chi connectivity index (χ2v) is 6.45. The minimum Gasteiger partial charge on any atom is -0.478 e. The number of carbonyl (C=O) groups is 2. The number of aromatic nitrogens is 2. The Labute approximate surface area is 167 Å². The van der Waals surface area contributed by atoms with E-state index < -0.39 is 11.9 Å². The van der Waals surface area contributed by atoms with Gasteiger partial charge in [0.05, 0.1) is 11.1 Å². The first-order chi connectivity index (χ1) is 14.0. The van der Waals surface area contributed by atoms with Gasteiger partial charge in [-0.05, 0) is 59.8 Å². The molecule has 0 unspecified atom stereocenters. The summed E-state index contributed by atoms with van der Waals surface area (Å²) >= 11 is 0. The lowest BCUT2D eigenvalue weighted by atomic mass is 10.0. The van der Waals surface area contributed by atoms with Gasteiger partial charge in [0, 0.05) is 30.7 Å². The van der Waals surface area contributed by atoms with E-state index in [2.05, 4.69) is 58.2 Å². The molecule has 0 bridgehead atoms. The summed E-state index contributed by atoms with van der Waals surface area (Å²) in [5.41, 5.74) is 2.89. The van der Waals surface area contributed by atoms with E-state index in [0.29, 0.717) is 0 Å². The molecule has 0 spiro atoms. The second kappa shape index (κ2) is 8.84. The Morgan fingerprint density at radius 1 is 0.862 bits per heavy atom. The standard InChI is InChI=1S/C14H12N2.C9H8O4/c1-2-4-14-13(3-1)7-10-16(14)11-12-5-8-15-9-6-12;1-5-6(8(10)11)3-2-4-7(5)9(12)13/h1-10H,11H2;2-4H,1H3,(H,10,11)(H,12,13). The summed E-state index contributed by atoms with van der Waals surface area (Å²) in [7, 11) is 0. The molecule has 0 atom stereocenters. The first-order valence-electron chi connectivity index (χ1n) is 8.96. The Balaban J connectivity index is 0.000000170. The maximum absolute atomic E-state index is 10.6. The van der Waals surface area contributed by atoms with Crippen molar-refractivity contribution < 1.29 is 19.8 Å². The van der Waals surface area contributed by atoms with E-state index >= 15 is 0 Å². The molecule has 4 aromatic rings. The molecular formula is C23H20N2O4. The molecular weight excluding hydrogens is 368 g/mol. The number of fused-ring (bicyclic) bond motifs is 1. The average Bonchev–Trinajstić information content (AvgIpc) is 3.12. The lowest BCUT2D eigenvalue weighted by molar-refractivity contribution is 0.0696. The first kappa shape index (κ1) is 19.8. The van der Waals surface area contributed by atoms with Crippen LogP contribution < -0.4 is 0 Å². The van der Waals surface area contributed by atoms with Gasteiger partial charge in [-0.3, -0.25) is 4.98 Å². The van der Waals surface area contributed by atoms with Gasteiger partial charge in [-0.15, -0.1) is 0 Å². The van der Waals surface area contributed by atoms with Crippen molar-refractivity contribution in [3.05, 3.63) is 102 Å². The van der Waals surface area contributed by atoms with E-state index in [1.165, 1.54) is 41.6 Å². The number of carboxylic acids is 2. The van der Waals surface area contributed by atoms with Gasteiger partial charge in [0.25, 0.3) is 0 Å². The Morgan fingerprint density at radius 2 is 1.48 bits per heavy atom. The van der Waals surface area contributed by atoms with E-state index in [0.717, 1.165) is 6.54 Å². The fraction of sp³-hybridized carbons (Fsp3) is 0.0870. The molecule has 4 rings (SSSR count). The molecule has 146 valence electrons. The average molecular weight is 388 g/mol. The molecule has 0 saturated heterocycles. The summed E-state index contributed by atoms with van der Waals surface area (Å²) in [4.78, 5) is 25.2. The van der Waals surface area contributed by atoms with E-state index in [-0.39, 0.29) is 16.7 Å². The molecule has 0 amide bonds. The largest absolute Gasteiger partial charge is 0.478 e. The summed E-state index contributed by atoms with van der Waals surface area (Å²) in [6.45, 7) is 2.38. The molecule has 0 aliphatic heterocycles. The normalized spacial score (nSPS) is 10.2. The molecule has 0 aliphatic carbocycles. The highest BCUT2D eigenvalue weighted by Gasteiger charge is 2.13. The number of para-hydroxylation sites is 1. The summed E-state index contributed by atoms with van der Waals surface area (Å²) in [6.07, 6.45) is 5.80. The molecule has 0 radical (unpaired) electrons. The molecule has 2 aromatic heterocycles. The van der Waals surface area contributed by atoms with Gasteiger partial charge in [0.15, 0.2) is 0 Å². The number of hydrogen-bond donors (Lipinski definition) is 2. The Kier molecular flexibility index (Phi) is 6.04. The van der Waals surface area contributed by atoms with E-state index in [4.69, 9.17) is 10.2 Å². The lowest BCUT2D eigenvalue weighted by Gasteiger charge is -2.04. The number of aromatic carboxylic acids is 2. The quantitative estimate of drug-likeness (QED) is 0.538. The third kappa shape index (κ3) is 4.68. The summed E-state index contributed by atoms with van der Waals surface area (Å²) in [6, 6.07) is 18.9. The lowest BCUT2D eigenvalue weighted by Crippen LogP contribution is -2.06. The number of pyridine rings is 1. The van der Waals surface area contributed by atoms with Gasteiger partial charge >= 0.3 is 11.9 Å². The second-order valence-electron chi connectivity index (χ2n) is 6.45. The van der Waals surface area contributed by atoms with Gasteiger partial charge in [-0.1, -0.05) is 24.3 Å². The predicted molar refractivity (Wildman–Crippen MR) is 110 cm³/mol. The molecule has 29 heavy (non-hydrogen) atoms. The number of carboxylic acid groups (broad SMARTS) is 2. The number of hydrogen-bond acceptors (Lipinski definition) is 3. The zero-order valence-electron chi connectivity index (χ0n) is 15.8. The topological polar surface area (TPSA) is 92.4 Å². The Morgan fingerprint density at radius 3 is 2.10 bits per heavy atom. The summed E-state index contributed by atoms with van der Waals surface area (Å²) < 4.78 is 2.25. The highest BCUT2D eigenvalue weighted by Crippen LogP contribution is 2.16.